The summed E-state index contributed by atoms with van der Waals surface area (Å²) in [6.45, 7) is 3.47. The minimum Gasteiger partial charge on any atom is -0.378 e. The summed E-state index contributed by atoms with van der Waals surface area (Å²) in [5.41, 5.74) is 0.977. The molecular formula is C19H20F3N3O2. The fraction of sp³-hybridized carbons (Fsp3) is 0.316. The number of carbonyl (C=O) groups is 1. The normalized spacial score (nSPS) is 14.7. The Morgan fingerprint density at radius 1 is 1.00 bits per heavy atom. The summed E-state index contributed by atoms with van der Waals surface area (Å²) in [6.07, 6.45) is -4.53. The van der Waals surface area contributed by atoms with Gasteiger partial charge in [-0.25, -0.2) is 4.79 Å². The van der Waals surface area contributed by atoms with Gasteiger partial charge in [0.1, 0.15) is 0 Å². The van der Waals surface area contributed by atoms with Gasteiger partial charge in [-0.2, -0.15) is 13.2 Å². The average molecular weight is 379 g/mol. The molecule has 2 aromatic rings. The Kier molecular flexibility index (Phi) is 5.55. The van der Waals surface area contributed by atoms with Crippen molar-refractivity contribution in [1.82, 2.24) is 0 Å². The molecule has 0 aliphatic carbocycles. The number of nitrogens with zero attached hydrogens (tertiary/aromatic N) is 1. The summed E-state index contributed by atoms with van der Waals surface area (Å²) in [4.78, 5) is 13.7. The third kappa shape index (κ3) is 4.91. The molecule has 5 nitrogen and oxygen atoms in total. The highest BCUT2D eigenvalue weighted by molar-refractivity contribution is 6.00. The van der Waals surface area contributed by atoms with Gasteiger partial charge in [-0.1, -0.05) is 17.7 Å². The van der Waals surface area contributed by atoms with E-state index in [1.807, 2.05) is 19.1 Å². The highest BCUT2D eigenvalue weighted by Gasteiger charge is 2.35. The largest absolute Gasteiger partial charge is 0.418 e. The number of carbonyl (C=O) groups excluding carboxylic acids is 1. The number of benzene rings is 2. The number of ether oxygens (including phenoxy) is 1. The number of aryl methyl sites for hydroxylation is 1. The number of anilines is 3. The van der Waals surface area contributed by atoms with Gasteiger partial charge in [-0.15, -0.1) is 0 Å². The van der Waals surface area contributed by atoms with Crippen LogP contribution in [0.3, 0.4) is 0 Å². The van der Waals surface area contributed by atoms with E-state index >= 15 is 0 Å². The van der Waals surface area contributed by atoms with Crippen LogP contribution >= 0.6 is 0 Å². The number of hydrogen-bond donors (Lipinski definition) is 2. The number of hydrogen-bond acceptors (Lipinski definition) is 3. The summed E-state index contributed by atoms with van der Waals surface area (Å²) in [7, 11) is 0. The minimum absolute atomic E-state index is 0.0731. The summed E-state index contributed by atoms with van der Waals surface area (Å²) in [5, 5.41) is 5.05. The number of nitrogens with one attached hydrogen (secondary N) is 2. The molecule has 3 rings (SSSR count). The second-order valence-electron chi connectivity index (χ2n) is 6.27. The molecule has 1 fully saturated rings. The van der Waals surface area contributed by atoms with Crippen LogP contribution in [-0.2, 0) is 10.9 Å². The van der Waals surface area contributed by atoms with E-state index in [1.54, 1.807) is 17.0 Å². The fourth-order valence-corrected chi connectivity index (χ4v) is 2.85. The average Bonchev–Trinajstić information content (AvgIpc) is 2.63. The van der Waals surface area contributed by atoms with Gasteiger partial charge in [-0.05, 0) is 37.3 Å². The zero-order valence-electron chi connectivity index (χ0n) is 14.8. The van der Waals surface area contributed by atoms with Crippen LogP contribution in [0.15, 0.2) is 42.5 Å². The molecule has 2 amide bonds. The fourth-order valence-electron chi connectivity index (χ4n) is 2.85. The molecule has 0 spiro atoms. The lowest BCUT2D eigenvalue weighted by Gasteiger charge is -2.31. The molecule has 1 heterocycles. The standard InChI is InChI=1S/C19H20F3N3O2/c1-13-2-4-14(5-3-13)23-18(26)24-15-6-7-17(16(12-15)19(20,21)22)25-8-10-27-11-9-25/h2-7,12H,8-11H2,1H3,(H2,23,24,26). The molecule has 0 unspecified atom stereocenters. The molecule has 1 saturated heterocycles. The first-order chi connectivity index (χ1) is 12.8. The van der Waals surface area contributed by atoms with Crippen molar-refractivity contribution in [2.45, 2.75) is 13.1 Å². The quantitative estimate of drug-likeness (QED) is 0.826. The zero-order valence-corrected chi connectivity index (χ0v) is 14.8. The van der Waals surface area contributed by atoms with Gasteiger partial charge in [0.2, 0.25) is 0 Å². The Morgan fingerprint density at radius 2 is 1.59 bits per heavy atom. The molecule has 0 bridgehead atoms. The first-order valence-corrected chi connectivity index (χ1v) is 8.51. The first-order valence-electron chi connectivity index (χ1n) is 8.51. The predicted molar refractivity (Wildman–Crippen MR) is 98.3 cm³/mol. The summed E-state index contributed by atoms with van der Waals surface area (Å²) in [5.74, 6) is 0. The third-order valence-corrected chi connectivity index (χ3v) is 4.22. The van der Waals surface area contributed by atoms with Gasteiger partial charge in [0.05, 0.1) is 18.8 Å². The van der Waals surface area contributed by atoms with E-state index in [1.165, 1.54) is 12.1 Å². The maximum atomic E-state index is 13.5. The maximum absolute atomic E-state index is 13.5. The number of alkyl halides is 3. The Labute approximate surface area is 155 Å². The summed E-state index contributed by atoms with van der Waals surface area (Å²) < 4.78 is 45.8. The van der Waals surface area contributed by atoms with Crippen molar-refractivity contribution >= 4 is 23.1 Å². The lowest BCUT2D eigenvalue weighted by Crippen LogP contribution is -2.37. The molecule has 8 heteroatoms. The SMILES string of the molecule is Cc1ccc(NC(=O)Nc2ccc(N3CCOCC3)c(C(F)(F)F)c2)cc1. The van der Waals surface area contributed by atoms with Crippen molar-refractivity contribution in [2.24, 2.45) is 0 Å². The third-order valence-electron chi connectivity index (χ3n) is 4.22. The molecular weight excluding hydrogens is 359 g/mol. The highest BCUT2D eigenvalue weighted by Crippen LogP contribution is 2.38. The van der Waals surface area contributed by atoms with Crippen LogP contribution in [0.25, 0.3) is 0 Å². The van der Waals surface area contributed by atoms with E-state index in [0.29, 0.717) is 32.0 Å². The smallest absolute Gasteiger partial charge is 0.378 e. The van der Waals surface area contributed by atoms with Crippen LogP contribution in [0.2, 0.25) is 0 Å². The van der Waals surface area contributed by atoms with Crippen LogP contribution in [-0.4, -0.2) is 32.3 Å². The highest BCUT2D eigenvalue weighted by atomic mass is 19.4. The number of halogens is 3. The minimum atomic E-state index is -4.53. The van der Waals surface area contributed by atoms with Crippen LogP contribution in [0.5, 0.6) is 0 Å². The van der Waals surface area contributed by atoms with Crippen molar-refractivity contribution in [3.63, 3.8) is 0 Å². The molecule has 1 aliphatic rings. The van der Waals surface area contributed by atoms with Crippen LogP contribution in [0, 0.1) is 6.92 Å². The first kappa shape index (κ1) is 19.0. The lowest BCUT2D eigenvalue weighted by atomic mass is 10.1. The van der Waals surface area contributed by atoms with Crippen LogP contribution in [0.4, 0.5) is 35.0 Å². The van der Waals surface area contributed by atoms with Gasteiger partial charge < -0.3 is 20.3 Å². The van der Waals surface area contributed by atoms with Crippen molar-refractivity contribution in [3.8, 4) is 0 Å². The van der Waals surface area contributed by atoms with Crippen molar-refractivity contribution in [1.29, 1.82) is 0 Å². The van der Waals surface area contributed by atoms with Gasteiger partial charge in [0, 0.05) is 30.2 Å². The van der Waals surface area contributed by atoms with Gasteiger partial charge in [0.15, 0.2) is 0 Å². The molecule has 0 saturated carbocycles. The van der Waals surface area contributed by atoms with Gasteiger partial charge in [0.25, 0.3) is 0 Å². The van der Waals surface area contributed by atoms with E-state index in [0.717, 1.165) is 11.6 Å². The van der Waals surface area contributed by atoms with Gasteiger partial charge >= 0.3 is 12.2 Å². The Morgan fingerprint density at radius 3 is 2.22 bits per heavy atom. The summed E-state index contributed by atoms with van der Waals surface area (Å²) in [6, 6.07) is 10.3. The Bertz CT molecular complexity index is 801. The molecule has 0 aromatic heterocycles. The maximum Gasteiger partial charge on any atom is 0.418 e. The number of amides is 2. The molecule has 2 aromatic carbocycles. The number of morpholine rings is 1. The van der Waals surface area contributed by atoms with Crippen LogP contribution in [0.1, 0.15) is 11.1 Å². The van der Waals surface area contributed by atoms with Crippen molar-refractivity contribution in [2.75, 3.05) is 41.8 Å². The van der Waals surface area contributed by atoms with Gasteiger partial charge in [-0.3, -0.25) is 0 Å². The Balaban J connectivity index is 1.77. The van der Waals surface area contributed by atoms with E-state index in [4.69, 9.17) is 4.74 Å². The van der Waals surface area contributed by atoms with E-state index in [9.17, 15) is 18.0 Å². The van der Waals surface area contributed by atoms with E-state index in [-0.39, 0.29) is 11.4 Å². The van der Waals surface area contributed by atoms with Crippen LogP contribution < -0.4 is 15.5 Å². The molecule has 27 heavy (non-hydrogen) atoms. The summed E-state index contributed by atoms with van der Waals surface area (Å²) >= 11 is 0. The van der Waals surface area contributed by atoms with E-state index in [2.05, 4.69) is 10.6 Å². The molecule has 2 N–H and O–H groups in total. The molecule has 144 valence electrons. The second-order valence-corrected chi connectivity index (χ2v) is 6.27. The predicted octanol–water partition coefficient (Wildman–Crippen LogP) is 4.49. The topological polar surface area (TPSA) is 53.6 Å². The number of urea groups is 1. The lowest BCUT2D eigenvalue weighted by molar-refractivity contribution is -0.137. The molecule has 0 radical (unpaired) electrons. The Hall–Kier alpha value is -2.74. The monoisotopic (exact) mass is 379 g/mol. The van der Waals surface area contributed by atoms with Crippen molar-refractivity contribution in [3.05, 3.63) is 53.6 Å². The zero-order chi connectivity index (χ0) is 19.4. The second kappa shape index (κ2) is 7.87. The molecule has 0 atom stereocenters. The van der Waals surface area contributed by atoms with E-state index < -0.39 is 17.8 Å². The number of rotatable bonds is 3. The van der Waals surface area contributed by atoms with Crippen molar-refractivity contribution < 1.29 is 22.7 Å². The molecule has 1 aliphatic heterocycles.